The summed E-state index contributed by atoms with van der Waals surface area (Å²) < 4.78 is 0. The van der Waals surface area contributed by atoms with E-state index >= 15 is 0 Å². The van der Waals surface area contributed by atoms with Crippen molar-refractivity contribution in [3.63, 3.8) is 0 Å². The lowest BCUT2D eigenvalue weighted by atomic mass is 9.77. The molecule has 0 unspecified atom stereocenters. The van der Waals surface area contributed by atoms with E-state index < -0.39 is 0 Å². The Kier molecular flexibility index (Phi) is 3.67. The molecule has 3 nitrogen and oxygen atoms in total. The van der Waals surface area contributed by atoms with Gasteiger partial charge in [-0.15, -0.1) is 0 Å². The van der Waals surface area contributed by atoms with Crippen molar-refractivity contribution in [1.29, 1.82) is 0 Å². The van der Waals surface area contributed by atoms with Crippen LogP contribution in [-0.2, 0) is 0 Å². The fraction of sp³-hybridized carbons (Fsp3) is 0.625. The number of nitrogens with zero attached hydrogens (tertiary/aromatic N) is 2. The number of hydrogen-bond donors (Lipinski definition) is 1. The number of aryl methyl sites for hydroxylation is 1. The van der Waals surface area contributed by atoms with Gasteiger partial charge in [-0.1, -0.05) is 25.1 Å². The maximum atomic E-state index is 5.85. The number of rotatable bonds is 2. The molecule has 4 heteroatoms. The third kappa shape index (κ3) is 2.53. The Balaban J connectivity index is 1.80. The highest BCUT2D eigenvalue weighted by Gasteiger charge is 2.37. The van der Waals surface area contributed by atoms with Crippen LogP contribution in [0.4, 0.5) is 5.82 Å². The Morgan fingerprint density at radius 2 is 1.85 bits per heavy atom. The van der Waals surface area contributed by atoms with Gasteiger partial charge in [0.25, 0.3) is 0 Å². The molecule has 1 aliphatic carbocycles. The highest BCUT2D eigenvalue weighted by Crippen LogP contribution is 2.46. The molecule has 3 rings (SSSR count). The topological polar surface area (TPSA) is 42.1 Å². The molecule has 2 N–H and O–H groups in total. The molecular weight excluding hydrogens is 266 g/mol. The number of piperidine rings is 1. The molecule has 1 spiro atoms. The molecule has 2 fully saturated rings. The summed E-state index contributed by atoms with van der Waals surface area (Å²) >= 11 is 5.17. The van der Waals surface area contributed by atoms with E-state index in [4.69, 9.17) is 22.9 Å². The van der Waals surface area contributed by atoms with Gasteiger partial charge in [0.05, 0.1) is 5.56 Å². The van der Waals surface area contributed by atoms with Crippen LogP contribution in [0, 0.1) is 12.3 Å². The largest absolute Gasteiger partial charge is 0.389 e. The SMILES string of the molecule is Cc1ccc(C(N)=S)c(N2CCC3(CCCC3)CC2)n1. The molecule has 108 valence electrons. The summed E-state index contributed by atoms with van der Waals surface area (Å²) in [6.45, 7) is 4.20. The zero-order valence-electron chi connectivity index (χ0n) is 12.2. The lowest BCUT2D eigenvalue weighted by Crippen LogP contribution is -2.40. The Bertz CT molecular complexity index is 510. The summed E-state index contributed by atoms with van der Waals surface area (Å²) in [7, 11) is 0. The molecule has 0 bridgehead atoms. The Morgan fingerprint density at radius 3 is 2.45 bits per heavy atom. The molecule has 0 aromatic carbocycles. The van der Waals surface area contributed by atoms with Crippen molar-refractivity contribution in [2.24, 2.45) is 11.1 Å². The lowest BCUT2D eigenvalue weighted by Gasteiger charge is -2.40. The van der Waals surface area contributed by atoms with Gasteiger partial charge >= 0.3 is 0 Å². The Morgan fingerprint density at radius 1 is 1.20 bits per heavy atom. The second-order valence-electron chi connectivity index (χ2n) is 6.38. The number of thiocarbonyl (C=S) groups is 1. The van der Waals surface area contributed by atoms with Crippen molar-refractivity contribution in [2.45, 2.75) is 45.4 Å². The van der Waals surface area contributed by atoms with Gasteiger partial charge in [0.1, 0.15) is 10.8 Å². The zero-order chi connectivity index (χ0) is 14.2. The molecule has 1 aromatic heterocycles. The van der Waals surface area contributed by atoms with Crippen molar-refractivity contribution < 1.29 is 0 Å². The summed E-state index contributed by atoms with van der Waals surface area (Å²) in [4.78, 5) is 7.52. The first-order valence-corrected chi connectivity index (χ1v) is 8.03. The van der Waals surface area contributed by atoms with Gasteiger partial charge in [0, 0.05) is 18.8 Å². The summed E-state index contributed by atoms with van der Waals surface area (Å²) in [5, 5.41) is 0. The minimum absolute atomic E-state index is 0.452. The summed E-state index contributed by atoms with van der Waals surface area (Å²) in [6.07, 6.45) is 8.26. The highest BCUT2D eigenvalue weighted by molar-refractivity contribution is 7.80. The predicted molar refractivity (Wildman–Crippen MR) is 87.2 cm³/mol. The van der Waals surface area contributed by atoms with Crippen molar-refractivity contribution in [3.05, 3.63) is 23.4 Å². The molecule has 1 aromatic rings. The Labute approximate surface area is 126 Å². The van der Waals surface area contributed by atoms with Crippen molar-refractivity contribution in [1.82, 2.24) is 4.98 Å². The molecule has 0 amide bonds. The average Bonchev–Trinajstić information content (AvgIpc) is 2.87. The molecule has 20 heavy (non-hydrogen) atoms. The molecule has 1 aliphatic heterocycles. The monoisotopic (exact) mass is 289 g/mol. The van der Waals surface area contributed by atoms with Gasteiger partial charge in [-0.25, -0.2) is 4.98 Å². The molecule has 2 heterocycles. The van der Waals surface area contributed by atoms with Gasteiger partial charge in [-0.3, -0.25) is 0 Å². The summed E-state index contributed by atoms with van der Waals surface area (Å²) in [6, 6.07) is 4.00. The maximum Gasteiger partial charge on any atom is 0.139 e. The second-order valence-corrected chi connectivity index (χ2v) is 6.82. The number of pyridine rings is 1. The quantitative estimate of drug-likeness (QED) is 0.849. The number of aromatic nitrogens is 1. The van der Waals surface area contributed by atoms with Crippen LogP contribution in [0.5, 0.6) is 0 Å². The molecule has 1 saturated heterocycles. The molecule has 0 atom stereocenters. The van der Waals surface area contributed by atoms with E-state index in [1.165, 1.54) is 38.5 Å². The first-order chi connectivity index (χ1) is 9.60. The van der Waals surface area contributed by atoms with Crippen LogP contribution in [0.1, 0.15) is 49.8 Å². The minimum atomic E-state index is 0.452. The van der Waals surface area contributed by atoms with E-state index in [2.05, 4.69) is 4.90 Å². The first-order valence-electron chi connectivity index (χ1n) is 7.62. The smallest absolute Gasteiger partial charge is 0.139 e. The lowest BCUT2D eigenvalue weighted by molar-refractivity contribution is 0.226. The van der Waals surface area contributed by atoms with Crippen LogP contribution < -0.4 is 10.6 Å². The minimum Gasteiger partial charge on any atom is -0.389 e. The molecular formula is C16H23N3S. The average molecular weight is 289 g/mol. The van der Waals surface area contributed by atoms with Crippen LogP contribution in [0.15, 0.2) is 12.1 Å². The number of anilines is 1. The van der Waals surface area contributed by atoms with E-state index in [9.17, 15) is 0 Å². The fourth-order valence-electron chi connectivity index (χ4n) is 3.79. The van der Waals surface area contributed by atoms with Crippen LogP contribution in [0.25, 0.3) is 0 Å². The van der Waals surface area contributed by atoms with Gasteiger partial charge in [0.2, 0.25) is 0 Å². The number of nitrogens with two attached hydrogens (primary N) is 1. The van der Waals surface area contributed by atoms with E-state index in [1.807, 2.05) is 19.1 Å². The van der Waals surface area contributed by atoms with Gasteiger partial charge in [0.15, 0.2) is 0 Å². The van der Waals surface area contributed by atoms with Gasteiger partial charge in [-0.2, -0.15) is 0 Å². The first kappa shape index (κ1) is 13.8. The predicted octanol–water partition coefficient (Wildman–Crippen LogP) is 3.18. The highest BCUT2D eigenvalue weighted by atomic mass is 32.1. The fourth-order valence-corrected chi connectivity index (χ4v) is 3.95. The van der Waals surface area contributed by atoms with Crippen LogP contribution in [0.3, 0.4) is 0 Å². The maximum absolute atomic E-state index is 5.85. The third-order valence-corrected chi connectivity index (χ3v) is 5.29. The van der Waals surface area contributed by atoms with Crippen LogP contribution in [0.2, 0.25) is 0 Å². The van der Waals surface area contributed by atoms with E-state index in [1.54, 1.807) is 0 Å². The van der Waals surface area contributed by atoms with E-state index in [0.717, 1.165) is 30.2 Å². The van der Waals surface area contributed by atoms with Crippen molar-refractivity contribution >= 4 is 23.0 Å². The van der Waals surface area contributed by atoms with Crippen molar-refractivity contribution in [2.75, 3.05) is 18.0 Å². The molecule has 2 aliphatic rings. The Hall–Kier alpha value is -1.16. The number of hydrogen-bond acceptors (Lipinski definition) is 3. The summed E-state index contributed by atoms with van der Waals surface area (Å²) in [5.74, 6) is 0.991. The summed E-state index contributed by atoms with van der Waals surface area (Å²) in [5.41, 5.74) is 8.43. The third-order valence-electron chi connectivity index (χ3n) is 5.07. The second kappa shape index (κ2) is 5.32. The van der Waals surface area contributed by atoms with Crippen LogP contribution >= 0.6 is 12.2 Å². The van der Waals surface area contributed by atoms with Gasteiger partial charge < -0.3 is 10.6 Å². The normalized spacial score (nSPS) is 21.4. The van der Waals surface area contributed by atoms with E-state index in [0.29, 0.717) is 10.4 Å². The van der Waals surface area contributed by atoms with Crippen molar-refractivity contribution in [3.8, 4) is 0 Å². The van der Waals surface area contributed by atoms with E-state index in [-0.39, 0.29) is 0 Å². The molecule has 1 saturated carbocycles. The zero-order valence-corrected chi connectivity index (χ0v) is 13.0. The van der Waals surface area contributed by atoms with Crippen LogP contribution in [-0.4, -0.2) is 23.1 Å². The standard InChI is InChI=1S/C16H23N3S/c1-12-4-5-13(14(17)20)15(18-12)19-10-8-16(9-11-19)6-2-3-7-16/h4-5H,2-3,6-11H2,1H3,(H2,17,20). The molecule has 0 radical (unpaired) electrons. The van der Waals surface area contributed by atoms with Gasteiger partial charge in [-0.05, 0) is 50.2 Å².